The molecular formula is C26H23FN6O2. The first-order valence-corrected chi connectivity index (χ1v) is 11.7. The number of nitrogens with one attached hydrogen (secondary N) is 1. The van der Waals surface area contributed by atoms with Crippen LogP contribution < -0.4 is 5.32 Å². The quantitative estimate of drug-likeness (QED) is 0.422. The molecule has 1 fully saturated rings. The molecular weight excluding hydrogens is 447 g/mol. The van der Waals surface area contributed by atoms with Gasteiger partial charge in [0.1, 0.15) is 23.0 Å². The van der Waals surface area contributed by atoms with E-state index in [1.807, 2.05) is 6.07 Å². The van der Waals surface area contributed by atoms with Crippen molar-refractivity contribution in [2.24, 2.45) is 5.92 Å². The molecule has 3 aromatic heterocycles. The van der Waals surface area contributed by atoms with Crippen LogP contribution in [0.4, 0.5) is 10.2 Å². The van der Waals surface area contributed by atoms with Crippen molar-refractivity contribution < 1.29 is 14.0 Å². The molecule has 9 heteroatoms. The van der Waals surface area contributed by atoms with Gasteiger partial charge in [-0.2, -0.15) is 5.10 Å². The third-order valence-corrected chi connectivity index (χ3v) is 6.77. The number of carbonyl (C=O) groups is 2. The molecule has 4 heterocycles. The lowest BCUT2D eigenvalue weighted by molar-refractivity contribution is -0.119. The maximum Gasteiger partial charge on any atom is 0.235 e. The van der Waals surface area contributed by atoms with Gasteiger partial charge in [0.2, 0.25) is 5.91 Å². The number of fused-ring (bicyclic) bond motifs is 2. The average molecular weight is 471 g/mol. The Labute approximate surface area is 200 Å². The minimum absolute atomic E-state index is 0.0924. The van der Waals surface area contributed by atoms with Crippen LogP contribution in [0.2, 0.25) is 0 Å². The standard InChI is InChI=1S/C26H23FN6O2/c1-26(2)19-21(18(34)12-14-9-10-14)29-23(30-22(19)31-25(26)35)20-16-7-5-11-28-24(16)33(32-20)13-15-6-3-4-8-17(15)27/h3-8,11,14H,9-10,12-13H2,1-2H3,(H,29,30,31,35). The van der Waals surface area contributed by atoms with Crippen molar-refractivity contribution in [2.45, 2.75) is 45.1 Å². The number of amides is 1. The monoisotopic (exact) mass is 470 g/mol. The number of benzene rings is 1. The molecule has 0 saturated heterocycles. The maximum atomic E-state index is 14.4. The highest BCUT2D eigenvalue weighted by Gasteiger charge is 2.44. The van der Waals surface area contributed by atoms with Gasteiger partial charge in [-0.3, -0.25) is 9.59 Å². The number of anilines is 1. The fourth-order valence-corrected chi connectivity index (χ4v) is 4.58. The van der Waals surface area contributed by atoms with E-state index in [0.29, 0.717) is 46.0 Å². The molecule has 4 aromatic rings. The first-order valence-electron chi connectivity index (χ1n) is 11.7. The molecule has 0 atom stereocenters. The van der Waals surface area contributed by atoms with Gasteiger partial charge in [0.15, 0.2) is 17.3 Å². The first-order chi connectivity index (χ1) is 16.8. The highest BCUT2D eigenvalue weighted by molar-refractivity contribution is 6.09. The van der Waals surface area contributed by atoms with Crippen LogP contribution in [0.1, 0.15) is 54.7 Å². The number of rotatable bonds is 6. The van der Waals surface area contributed by atoms with Crippen molar-refractivity contribution >= 4 is 28.5 Å². The van der Waals surface area contributed by atoms with Crippen LogP contribution in [-0.4, -0.2) is 36.4 Å². The predicted molar refractivity (Wildman–Crippen MR) is 127 cm³/mol. The summed E-state index contributed by atoms with van der Waals surface area (Å²) in [4.78, 5) is 39.7. The SMILES string of the molecule is CC1(C)C(=O)Nc2nc(-c3nn(Cc4ccccc4F)c4ncccc34)nc(C(=O)CC3CC3)c21. The third kappa shape index (κ3) is 3.58. The first kappa shape index (κ1) is 21.5. The summed E-state index contributed by atoms with van der Waals surface area (Å²) in [5, 5.41) is 8.19. The molecule has 2 aliphatic rings. The maximum absolute atomic E-state index is 14.4. The van der Waals surface area contributed by atoms with Crippen LogP contribution in [0.25, 0.3) is 22.6 Å². The number of aromatic nitrogens is 5. The van der Waals surface area contributed by atoms with Gasteiger partial charge in [0.05, 0.1) is 17.3 Å². The fourth-order valence-electron chi connectivity index (χ4n) is 4.58. The molecule has 8 nitrogen and oxygen atoms in total. The number of hydrogen-bond acceptors (Lipinski definition) is 6. The Bertz CT molecular complexity index is 1520. The Morgan fingerprint density at radius 1 is 1.17 bits per heavy atom. The van der Waals surface area contributed by atoms with E-state index in [4.69, 9.17) is 0 Å². The zero-order chi connectivity index (χ0) is 24.3. The molecule has 0 radical (unpaired) electrons. The minimum atomic E-state index is -0.920. The summed E-state index contributed by atoms with van der Waals surface area (Å²) in [6.45, 7) is 3.71. The zero-order valence-electron chi connectivity index (χ0n) is 19.4. The molecule has 1 amide bonds. The highest BCUT2D eigenvalue weighted by Crippen LogP contribution is 2.41. The topological polar surface area (TPSA) is 103 Å². The molecule has 1 saturated carbocycles. The minimum Gasteiger partial charge on any atom is -0.310 e. The number of pyridine rings is 1. The van der Waals surface area contributed by atoms with Crippen molar-refractivity contribution in [2.75, 3.05) is 5.32 Å². The van der Waals surface area contributed by atoms with E-state index < -0.39 is 5.41 Å². The average Bonchev–Trinajstić information content (AvgIpc) is 3.53. The number of nitrogens with zero attached hydrogens (tertiary/aromatic N) is 5. The van der Waals surface area contributed by atoms with Crippen molar-refractivity contribution in [3.63, 3.8) is 0 Å². The summed E-state index contributed by atoms with van der Waals surface area (Å²) >= 11 is 0. The van der Waals surface area contributed by atoms with E-state index in [0.717, 1.165) is 12.8 Å². The Hall–Kier alpha value is -4.01. The van der Waals surface area contributed by atoms with Gasteiger partial charge in [0, 0.05) is 23.7 Å². The largest absolute Gasteiger partial charge is 0.310 e. The lowest BCUT2D eigenvalue weighted by Crippen LogP contribution is -2.28. The second kappa shape index (κ2) is 7.76. The van der Waals surface area contributed by atoms with Gasteiger partial charge in [-0.25, -0.2) is 24.0 Å². The van der Waals surface area contributed by atoms with Gasteiger partial charge in [-0.05, 0) is 50.8 Å². The zero-order valence-corrected chi connectivity index (χ0v) is 19.4. The van der Waals surface area contributed by atoms with Gasteiger partial charge in [-0.1, -0.05) is 18.2 Å². The van der Waals surface area contributed by atoms with Gasteiger partial charge < -0.3 is 5.32 Å². The van der Waals surface area contributed by atoms with E-state index in [-0.39, 0.29) is 35.6 Å². The van der Waals surface area contributed by atoms with Crippen LogP contribution in [0, 0.1) is 11.7 Å². The number of carbonyl (C=O) groups excluding carboxylic acids is 2. The molecule has 35 heavy (non-hydrogen) atoms. The van der Waals surface area contributed by atoms with Crippen LogP contribution in [0.3, 0.4) is 0 Å². The van der Waals surface area contributed by atoms with Crippen LogP contribution in [0.15, 0.2) is 42.6 Å². The van der Waals surface area contributed by atoms with E-state index in [1.165, 1.54) is 6.07 Å². The van der Waals surface area contributed by atoms with E-state index in [2.05, 4.69) is 25.4 Å². The molecule has 0 bridgehead atoms. The molecule has 6 rings (SSSR count). The van der Waals surface area contributed by atoms with Crippen molar-refractivity contribution in [1.29, 1.82) is 0 Å². The van der Waals surface area contributed by atoms with Gasteiger partial charge >= 0.3 is 0 Å². The van der Waals surface area contributed by atoms with Crippen molar-refractivity contribution in [3.05, 3.63) is 65.2 Å². The molecule has 176 valence electrons. The highest BCUT2D eigenvalue weighted by atomic mass is 19.1. The number of halogens is 1. The van der Waals surface area contributed by atoms with Crippen LogP contribution >= 0.6 is 0 Å². The second-order valence-corrected chi connectivity index (χ2v) is 9.74. The summed E-state index contributed by atoms with van der Waals surface area (Å²) in [5.41, 5.74) is 1.32. The summed E-state index contributed by atoms with van der Waals surface area (Å²) in [6, 6.07) is 10.1. The van der Waals surface area contributed by atoms with E-state index >= 15 is 0 Å². The number of hydrogen-bond donors (Lipinski definition) is 1. The third-order valence-electron chi connectivity index (χ3n) is 6.77. The Morgan fingerprint density at radius 2 is 1.97 bits per heavy atom. The summed E-state index contributed by atoms with van der Waals surface area (Å²) in [7, 11) is 0. The summed E-state index contributed by atoms with van der Waals surface area (Å²) in [6.07, 6.45) is 4.10. The predicted octanol–water partition coefficient (Wildman–Crippen LogP) is 4.29. The van der Waals surface area contributed by atoms with Crippen LogP contribution in [-0.2, 0) is 16.8 Å². The summed E-state index contributed by atoms with van der Waals surface area (Å²) in [5.74, 6) is 0.285. The van der Waals surface area contributed by atoms with Gasteiger partial charge in [-0.15, -0.1) is 0 Å². The van der Waals surface area contributed by atoms with Crippen molar-refractivity contribution in [3.8, 4) is 11.5 Å². The lowest BCUT2D eigenvalue weighted by Gasteiger charge is -2.17. The normalized spacial score (nSPS) is 16.4. The molecule has 1 aromatic carbocycles. The second-order valence-electron chi connectivity index (χ2n) is 9.74. The Morgan fingerprint density at radius 3 is 2.74 bits per heavy atom. The van der Waals surface area contributed by atoms with Crippen molar-refractivity contribution in [1.82, 2.24) is 24.7 Å². The number of Topliss-reactive ketones (excluding diaryl/α,β-unsaturated/α-hetero) is 1. The number of ketones is 1. The molecule has 1 N–H and O–H groups in total. The smallest absolute Gasteiger partial charge is 0.235 e. The molecule has 1 aliphatic carbocycles. The van der Waals surface area contributed by atoms with Crippen LogP contribution in [0.5, 0.6) is 0 Å². The lowest BCUT2D eigenvalue weighted by atomic mass is 9.84. The molecule has 1 aliphatic heterocycles. The Kier molecular flexibility index (Phi) is 4.77. The fraction of sp³-hybridized carbons (Fsp3) is 0.308. The van der Waals surface area contributed by atoms with Gasteiger partial charge in [0.25, 0.3) is 0 Å². The van der Waals surface area contributed by atoms with E-state index in [9.17, 15) is 14.0 Å². The molecule has 0 spiro atoms. The molecule has 0 unspecified atom stereocenters. The Balaban J connectivity index is 1.51. The van der Waals surface area contributed by atoms with E-state index in [1.54, 1.807) is 49.0 Å². The summed E-state index contributed by atoms with van der Waals surface area (Å²) < 4.78 is 16.0.